The van der Waals surface area contributed by atoms with Crippen molar-refractivity contribution in [2.24, 2.45) is 5.92 Å². The van der Waals surface area contributed by atoms with Gasteiger partial charge >= 0.3 is 0 Å². The van der Waals surface area contributed by atoms with Crippen LogP contribution < -0.4 is 10.6 Å². The molecule has 0 aliphatic carbocycles. The number of piperidine rings is 1. The number of hydrogen-bond donors (Lipinski definition) is 2. The van der Waals surface area contributed by atoms with Crippen LogP contribution in [0.2, 0.25) is 0 Å². The van der Waals surface area contributed by atoms with Crippen LogP contribution in [0.15, 0.2) is 29.2 Å². The largest absolute Gasteiger partial charge is 0.362 e. The average Bonchev–Trinajstić information content (AvgIpc) is 2.54. The summed E-state index contributed by atoms with van der Waals surface area (Å²) in [5.74, 6) is 0.602. The van der Waals surface area contributed by atoms with Crippen molar-refractivity contribution >= 4 is 33.0 Å². The summed E-state index contributed by atoms with van der Waals surface area (Å²) in [6.07, 6.45) is 2.85. The predicted molar refractivity (Wildman–Crippen MR) is 98.1 cm³/mol. The highest BCUT2D eigenvalue weighted by Gasteiger charge is 2.27. The van der Waals surface area contributed by atoms with Gasteiger partial charge in [-0.1, -0.05) is 13.8 Å². The van der Waals surface area contributed by atoms with Gasteiger partial charge in [-0.15, -0.1) is 0 Å². The van der Waals surface area contributed by atoms with E-state index >= 15 is 0 Å². The van der Waals surface area contributed by atoms with Crippen LogP contribution in [0.1, 0.15) is 33.1 Å². The van der Waals surface area contributed by atoms with Gasteiger partial charge in [-0.3, -0.25) is 0 Å². The van der Waals surface area contributed by atoms with Crippen LogP contribution in [0, 0.1) is 5.92 Å². The van der Waals surface area contributed by atoms with Gasteiger partial charge in [0.25, 0.3) is 0 Å². The van der Waals surface area contributed by atoms with Crippen molar-refractivity contribution in [3.8, 4) is 0 Å². The number of anilines is 1. The van der Waals surface area contributed by atoms with Crippen LogP contribution in [-0.2, 0) is 10.0 Å². The van der Waals surface area contributed by atoms with Gasteiger partial charge in [0.15, 0.2) is 5.11 Å². The van der Waals surface area contributed by atoms with Gasteiger partial charge in [0.1, 0.15) is 0 Å². The highest BCUT2D eigenvalue weighted by molar-refractivity contribution is 7.89. The predicted octanol–water partition coefficient (Wildman–Crippen LogP) is 2.80. The van der Waals surface area contributed by atoms with Crippen molar-refractivity contribution in [3.63, 3.8) is 0 Å². The molecule has 0 amide bonds. The van der Waals surface area contributed by atoms with Gasteiger partial charge < -0.3 is 10.6 Å². The van der Waals surface area contributed by atoms with Crippen molar-refractivity contribution in [3.05, 3.63) is 24.3 Å². The molecule has 2 rings (SSSR count). The van der Waals surface area contributed by atoms with Gasteiger partial charge in [0.2, 0.25) is 10.0 Å². The second-order valence-corrected chi connectivity index (χ2v) is 8.34. The standard InChI is InChI=1S/C16H25N3O2S2/c1-3-10-17-16(22)18-14-4-6-15(7-5-14)23(20,21)19-11-8-13(2)9-12-19/h4-7,13H,3,8-12H2,1-2H3,(H2,17,18,22). The van der Waals surface area contributed by atoms with Crippen LogP contribution in [-0.4, -0.2) is 37.5 Å². The van der Waals surface area contributed by atoms with Crippen molar-refractivity contribution in [2.45, 2.75) is 38.0 Å². The van der Waals surface area contributed by atoms with Gasteiger partial charge in [0, 0.05) is 25.3 Å². The molecule has 0 unspecified atom stereocenters. The van der Waals surface area contributed by atoms with Crippen LogP contribution >= 0.6 is 12.2 Å². The minimum absolute atomic E-state index is 0.338. The van der Waals surface area contributed by atoms with E-state index in [1.165, 1.54) is 0 Å². The number of nitrogens with zero attached hydrogens (tertiary/aromatic N) is 1. The Bertz CT molecular complexity index is 621. The molecular weight excluding hydrogens is 330 g/mol. The summed E-state index contributed by atoms with van der Waals surface area (Å²) in [6.45, 7) is 6.26. The Morgan fingerprint density at radius 3 is 2.43 bits per heavy atom. The molecule has 1 saturated heterocycles. The lowest BCUT2D eigenvalue weighted by molar-refractivity contribution is 0.288. The summed E-state index contributed by atoms with van der Waals surface area (Å²) in [6, 6.07) is 6.77. The molecule has 0 atom stereocenters. The Balaban J connectivity index is 2.02. The maximum Gasteiger partial charge on any atom is 0.243 e. The number of nitrogens with one attached hydrogen (secondary N) is 2. The Morgan fingerprint density at radius 2 is 1.87 bits per heavy atom. The van der Waals surface area contributed by atoms with Crippen LogP contribution in [0.4, 0.5) is 5.69 Å². The van der Waals surface area contributed by atoms with E-state index in [2.05, 4.69) is 24.5 Å². The number of hydrogen-bond acceptors (Lipinski definition) is 3. The lowest BCUT2D eigenvalue weighted by atomic mass is 10.0. The molecule has 0 bridgehead atoms. The summed E-state index contributed by atoms with van der Waals surface area (Å²) in [5.41, 5.74) is 0.782. The van der Waals surface area contributed by atoms with Crippen molar-refractivity contribution in [1.29, 1.82) is 0 Å². The smallest absolute Gasteiger partial charge is 0.243 e. The first-order chi connectivity index (χ1) is 10.9. The van der Waals surface area contributed by atoms with E-state index in [0.29, 0.717) is 29.0 Å². The maximum atomic E-state index is 12.6. The molecule has 1 aromatic carbocycles. The molecule has 0 radical (unpaired) electrons. The lowest BCUT2D eigenvalue weighted by Crippen LogP contribution is -2.37. The molecule has 0 aromatic heterocycles. The van der Waals surface area contributed by atoms with E-state index in [-0.39, 0.29) is 0 Å². The molecule has 23 heavy (non-hydrogen) atoms. The van der Waals surface area contributed by atoms with Crippen molar-refractivity contribution in [2.75, 3.05) is 25.0 Å². The normalized spacial score (nSPS) is 17.0. The molecule has 1 fully saturated rings. The number of rotatable bonds is 5. The fraction of sp³-hybridized carbons (Fsp3) is 0.562. The van der Waals surface area contributed by atoms with Crippen LogP contribution in [0.3, 0.4) is 0 Å². The summed E-state index contributed by atoms with van der Waals surface area (Å²) in [5, 5.41) is 6.68. The second kappa shape index (κ2) is 8.08. The van der Waals surface area contributed by atoms with E-state index in [4.69, 9.17) is 12.2 Å². The summed E-state index contributed by atoms with van der Waals surface area (Å²) in [7, 11) is -3.39. The first-order valence-electron chi connectivity index (χ1n) is 8.08. The van der Waals surface area contributed by atoms with Gasteiger partial charge in [-0.05, 0) is 61.7 Å². The molecular formula is C16H25N3O2S2. The van der Waals surface area contributed by atoms with Crippen LogP contribution in [0.5, 0.6) is 0 Å². The Labute approximate surface area is 144 Å². The van der Waals surface area contributed by atoms with E-state index in [9.17, 15) is 8.42 Å². The third kappa shape index (κ3) is 4.89. The second-order valence-electron chi connectivity index (χ2n) is 5.99. The molecule has 2 N–H and O–H groups in total. The zero-order valence-electron chi connectivity index (χ0n) is 13.7. The molecule has 0 spiro atoms. The van der Waals surface area contributed by atoms with E-state index < -0.39 is 10.0 Å². The highest BCUT2D eigenvalue weighted by atomic mass is 32.2. The lowest BCUT2D eigenvalue weighted by Gasteiger charge is -2.29. The third-order valence-electron chi connectivity index (χ3n) is 4.03. The molecule has 1 aromatic rings. The summed E-state index contributed by atoms with van der Waals surface area (Å²) in [4.78, 5) is 0.338. The molecule has 128 valence electrons. The van der Waals surface area contributed by atoms with E-state index in [1.54, 1.807) is 28.6 Å². The zero-order valence-corrected chi connectivity index (χ0v) is 15.3. The summed E-state index contributed by atoms with van der Waals surface area (Å²) >= 11 is 5.17. The zero-order chi connectivity index (χ0) is 16.9. The molecule has 1 aliphatic heterocycles. The minimum Gasteiger partial charge on any atom is -0.362 e. The van der Waals surface area contributed by atoms with Gasteiger partial charge in [-0.25, -0.2) is 8.42 Å². The topological polar surface area (TPSA) is 61.4 Å². The number of sulfonamides is 1. The van der Waals surface area contributed by atoms with Crippen LogP contribution in [0.25, 0.3) is 0 Å². The Hall–Kier alpha value is -1.18. The van der Waals surface area contributed by atoms with E-state index in [0.717, 1.165) is 31.5 Å². The monoisotopic (exact) mass is 355 g/mol. The van der Waals surface area contributed by atoms with Crippen molar-refractivity contribution in [1.82, 2.24) is 9.62 Å². The Morgan fingerprint density at radius 1 is 1.26 bits per heavy atom. The number of benzene rings is 1. The third-order valence-corrected chi connectivity index (χ3v) is 6.19. The molecule has 1 aliphatic rings. The fourth-order valence-electron chi connectivity index (χ4n) is 2.50. The molecule has 5 nitrogen and oxygen atoms in total. The minimum atomic E-state index is -3.39. The molecule has 1 heterocycles. The number of thiocarbonyl (C=S) groups is 1. The highest BCUT2D eigenvalue weighted by Crippen LogP contribution is 2.24. The van der Waals surface area contributed by atoms with E-state index in [1.807, 2.05) is 0 Å². The summed E-state index contributed by atoms with van der Waals surface area (Å²) < 4.78 is 26.9. The SMILES string of the molecule is CCCNC(=S)Nc1ccc(S(=O)(=O)N2CCC(C)CC2)cc1. The molecule has 7 heteroatoms. The Kier molecular flexibility index (Phi) is 6.38. The van der Waals surface area contributed by atoms with Crippen molar-refractivity contribution < 1.29 is 8.42 Å². The quantitative estimate of drug-likeness (QED) is 0.795. The first kappa shape index (κ1) is 18.2. The van der Waals surface area contributed by atoms with Gasteiger partial charge in [-0.2, -0.15) is 4.31 Å². The molecule has 0 saturated carbocycles. The maximum absolute atomic E-state index is 12.6. The fourth-order valence-corrected chi connectivity index (χ4v) is 4.19. The van der Waals surface area contributed by atoms with Gasteiger partial charge in [0.05, 0.1) is 4.90 Å². The average molecular weight is 356 g/mol. The first-order valence-corrected chi connectivity index (χ1v) is 9.93.